The van der Waals surface area contributed by atoms with Crippen LogP contribution in [-0.2, 0) is 5.54 Å². The summed E-state index contributed by atoms with van der Waals surface area (Å²) in [5, 5.41) is 13.3. The molecule has 1 aliphatic carbocycles. The lowest BCUT2D eigenvalue weighted by molar-refractivity contribution is 0.147. The molecule has 1 aromatic heterocycles. The summed E-state index contributed by atoms with van der Waals surface area (Å²) in [7, 11) is 0. The van der Waals surface area contributed by atoms with Gasteiger partial charge in [-0.1, -0.05) is 25.3 Å². The van der Waals surface area contributed by atoms with Crippen LogP contribution in [0.3, 0.4) is 0 Å². The van der Waals surface area contributed by atoms with Gasteiger partial charge in [-0.05, 0) is 31.9 Å². The molecule has 0 spiro atoms. The zero-order valence-corrected chi connectivity index (χ0v) is 10.5. The molecule has 0 radical (unpaired) electrons. The molecule has 1 unspecified atom stereocenters. The van der Waals surface area contributed by atoms with E-state index in [2.05, 4.69) is 10.3 Å². The molecule has 0 bridgehead atoms. The van der Waals surface area contributed by atoms with Crippen LogP contribution in [0.25, 0.3) is 0 Å². The molecule has 0 amide bonds. The Balaban J connectivity index is 2.08. The topological polar surface area (TPSA) is 45.1 Å². The van der Waals surface area contributed by atoms with E-state index in [4.69, 9.17) is 0 Å². The second kappa shape index (κ2) is 5.61. The Morgan fingerprint density at radius 3 is 2.71 bits per heavy atom. The van der Waals surface area contributed by atoms with Crippen molar-refractivity contribution >= 4 is 0 Å². The Bertz CT molecular complexity index is 335. The second-order valence-electron chi connectivity index (χ2n) is 5.18. The Hall–Kier alpha value is -0.930. The number of hydrogen-bond acceptors (Lipinski definition) is 3. The number of aromatic nitrogens is 1. The highest BCUT2D eigenvalue weighted by molar-refractivity contribution is 5.15. The van der Waals surface area contributed by atoms with Crippen molar-refractivity contribution in [2.75, 3.05) is 6.61 Å². The standard InChI is InChI=1S/C14H22N2O/c1-14(11-17,13-9-5-6-10-15-13)16-12-7-3-2-4-8-12/h5-6,9-10,12,16-17H,2-4,7-8,11H2,1H3. The molecule has 17 heavy (non-hydrogen) atoms. The predicted molar refractivity (Wildman–Crippen MR) is 68.7 cm³/mol. The summed E-state index contributed by atoms with van der Waals surface area (Å²) in [6, 6.07) is 6.37. The summed E-state index contributed by atoms with van der Waals surface area (Å²) in [4.78, 5) is 4.36. The van der Waals surface area contributed by atoms with Crippen molar-refractivity contribution in [1.29, 1.82) is 0 Å². The molecule has 1 aromatic rings. The maximum absolute atomic E-state index is 9.67. The second-order valence-corrected chi connectivity index (χ2v) is 5.18. The summed E-state index contributed by atoms with van der Waals surface area (Å²) in [5.74, 6) is 0. The number of nitrogens with one attached hydrogen (secondary N) is 1. The minimum absolute atomic E-state index is 0.0838. The van der Waals surface area contributed by atoms with Gasteiger partial charge < -0.3 is 10.4 Å². The van der Waals surface area contributed by atoms with Crippen LogP contribution >= 0.6 is 0 Å². The van der Waals surface area contributed by atoms with Crippen LogP contribution in [0.2, 0.25) is 0 Å². The van der Waals surface area contributed by atoms with E-state index in [1.165, 1.54) is 32.1 Å². The van der Waals surface area contributed by atoms with Gasteiger partial charge in [-0.25, -0.2) is 0 Å². The molecule has 1 saturated carbocycles. The van der Waals surface area contributed by atoms with E-state index in [1.807, 2.05) is 25.1 Å². The summed E-state index contributed by atoms with van der Waals surface area (Å²) in [6.07, 6.45) is 8.14. The van der Waals surface area contributed by atoms with Gasteiger partial charge >= 0.3 is 0 Å². The first-order chi connectivity index (χ1) is 8.24. The largest absolute Gasteiger partial charge is 0.394 e. The van der Waals surface area contributed by atoms with Crippen LogP contribution in [0.5, 0.6) is 0 Å². The number of rotatable bonds is 4. The number of aliphatic hydroxyl groups is 1. The van der Waals surface area contributed by atoms with Gasteiger partial charge in [-0.3, -0.25) is 4.98 Å². The van der Waals surface area contributed by atoms with E-state index in [1.54, 1.807) is 6.20 Å². The minimum Gasteiger partial charge on any atom is -0.394 e. The third-order valence-electron chi connectivity index (χ3n) is 3.67. The van der Waals surface area contributed by atoms with Gasteiger partial charge in [-0.15, -0.1) is 0 Å². The Labute approximate surface area is 103 Å². The number of pyridine rings is 1. The molecule has 94 valence electrons. The monoisotopic (exact) mass is 234 g/mol. The minimum atomic E-state index is -0.413. The van der Waals surface area contributed by atoms with E-state index in [0.29, 0.717) is 6.04 Å². The molecule has 2 rings (SSSR count). The number of hydrogen-bond donors (Lipinski definition) is 2. The number of nitrogens with zero attached hydrogens (tertiary/aromatic N) is 1. The van der Waals surface area contributed by atoms with Crippen LogP contribution in [-0.4, -0.2) is 22.7 Å². The highest BCUT2D eigenvalue weighted by atomic mass is 16.3. The van der Waals surface area contributed by atoms with Crippen molar-refractivity contribution in [3.05, 3.63) is 30.1 Å². The van der Waals surface area contributed by atoms with Gasteiger partial charge in [0.1, 0.15) is 0 Å². The normalized spacial score (nSPS) is 21.1. The van der Waals surface area contributed by atoms with E-state index >= 15 is 0 Å². The van der Waals surface area contributed by atoms with E-state index in [9.17, 15) is 5.11 Å². The molecular formula is C14H22N2O. The van der Waals surface area contributed by atoms with Crippen molar-refractivity contribution in [2.45, 2.75) is 50.6 Å². The predicted octanol–water partition coefficient (Wildman–Crippen LogP) is 2.21. The third kappa shape index (κ3) is 3.05. The fourth-order valence-electron chi connectivity index (χ4n) is 2.59. The van der Waals surface area contributed by atoms with E-state index in [-0.39, 0.29) is 6.61 Å². The van der Waals surface area contributed by atoms with Gasteiger partial charge in [0.15, 0.2) is 0 Å². The lowest BCUT2D eigenvalue weighted by Crippen LogP contribution is -2.49. The fourth-order valence-corrected chi connectivity index (χ4v) is 2.59. The maximum Gasteiger partial charge on any atom is 0.0816 e. The van der Waals surface area contributed by atoms with Crippen LogP contribution in [0.1, 0.15) is 44.7 Å². The van der Waals surface area contributed by atoms with Gasteiger partial charge in [0.05, 0.1) is 17.8 Å². The summed E-state index contributed by atoms with van der Waals surface area (Å²) < 4.78 is 0. The first kappa shape index (κ1) is 12.5. The van der Waals surface area contributed by atoms with Crippen molar-refractivity contribution in [3.63, 3.8) is 0 Å². The van der Waals surface area contributed by atoms with Crippen LogP contribution in [0, 0.1) is 0 Å². The Morgan fingerprint density at radius 1 is 1.35 bits per heavy atom. The van der Waals surface area contributed by atoms with E-state index < -0.39 is 5.54 Å². The highest BCUT2D eigenvalue weighted by Gasteiger charge is 2.30. The molecular weight excluding hydrogens is 212 g/mol. The van der Waals surface area contributed by atoms with Crippen molar-refractivity contribution < 1.29 is 5.11 Å². The third-order valence-corrected chi connectivity index (χ3v) is 3.67. The van der Waals surface area contributed by atoms with Gasteiger partial charge in [0, 0.05) is 12.2 Å². The molecule has 3 nitrogen and oxygen atoms in total. The first-order valence-corrected chi connectivity index (χ1v) is 6.55. The fraction of sp³-hybridized carbons (Fsp3) is 0.643. The Kier molecular flexibility index (Phi) is 4.13. The first-order valence-electron chi connectivity index (χ1n) is 6.55. The smallest absolute Gasteiger partial charge is 0.0816 e. The van der Waals surface area contributed by atoms with Crippen LogP contribution in [0.4, 0.5) is 0 Å². The van der Waals surface area contributed by atoms with Crippen molar-refractivity contribution in [2.24, 2.45) is 0 Å². The molecule has 3 heteroatoms. The van der Waals surface area contributed by atoms with E-state index in [0.717, 1.165) is 5.69 Å². The molecule has 2 N–H and O–H groups in total. The molecule has 0 aliphatic heterocycles. The average Bonchev–Trinajstić information content (AvgIpc) is 2.41. The summed E-state index contributed by atoms with van der Waals surface area (Å²) in [5.41, 5.74) is 0.511. The van der Waals surface area contributed by atoms with Crippen LogP contribution < -0.4 is 5.32 Å². The van der Waals surface area contributed by atoms with Gasteiger partial charge in [0.2, 0.25) is 0 Å². The van der Waals surface area contributed by atoms with Gasteiger partial charge in [0.25, 0.3) is 0 Å². The molecule has 1 aliphatic rings. The quantitative estimate of drug-likeness (QED) is 0.839. The summed E-state index contributed by atoms with van der Waals surface area (Å²) in [6.45, 7) is 2.12. The maximum atomic E-state index is 9.67. The Morgan fingerprint density at radius 2 is 2.12 bits per heavy atom. The number of aliphatic hydroxyl groups excluding tert-OH is 1. The zero-order chi connectivity index (χ0) is 12.1. The van der Waals surface area contributed by atoms with Crippen molar-refractivity contribution in [1.82, 2.24) is 10.3 Å². The molecule has 1 fully saturated rings. The lowest BCUT2D eigenvalue weighted by Gasteiger charge is -2.35. The summed E-state index contributed by atoms with van der Waals surface area (Å²) >= 11 is 0. The van der Waals surface area contributed by atoms with Gasteiger partial charge in [-0.2, -0.15) is 0 Å². The SMILES string of the molecule is CC(CO)(NC1CCCCC1)c1ccccn1. The lowest BCUT2D eigenvalue weighted by atomic mass is 9.90. The molecule has 1 atom stereocenters. The molecule has 1 heterocycles. The van der Waals surface area contributed by atoms with Crippen molar-refractivity contribution in [3.8, 4) is 0 Å². The molecule has 0 aromatic carbocycles. The molecule has 0 saturated heterocycles. The van der Waals surface area contributed by atoms with Crippen LogP contribution in [0.15, 0.2) is 24.4 Å². The zero-order valence-electron chi connectivity index (χ0n) is 10.5. The highest BCUT2D eigenvalue weighted by Crippen LogP contribution is 2.24. The average molecular weight is 234 g/mol.